The maximum Gasteiger partial charge on any atom is 0.117 e. The van der Waals surface area contributed by atoms with Gasteiger partial charge in [-0.25, -0.2) is 0 Å². The third kappa shape index (κ3) is 5.23. The lowest BCUT2D eigenvalue weighted by atomic mass is 9.97. The van der Waals surface area contributed by atoms with E-state index in [1.807, 2.05) is 6.92 Å². The summed E-state index contributed by atoms with van der Waals surface area (Å²) in [6.07, 6.45) is 3.54. The van der Waals surface area contributed by atoms with Crippen molar-refractivity contribution in [2.75, 3.05) is 0 Å². The molecule has 0 saturated carbocycles. The lowest BCUT2D eigenvalue weighted by molar-refractivity contribution is 0.221. The molecular formula is C9H19BOS2. The van der Waals surface area contributed by atoms with Gasteiger partial charge in [-0.1, -0.05) is 20.8 Å². The smallest absolute Gasteiger partial charge is 0.117 e. The molecule has 0 heterocycles. The Morgan fingerprint density at radius 2 is 1.92 bits per heavy atom. The monoisotopic (exact) mass is 218 g/mol. The second kappa shape index (κ2) is 7.07. The minimum atomic E-state index is -0.451. The van der Waals surface area contributed by atoms with E-state index in [9.17, 15) is 0 Å². The maximum atomic E-state index is 5.63. The van der Waals surface area contributed by atoms with Gasteiger partial charge in [-0.2, -0.15) is 0 Å². The molecule has 0 aliphatic carbocycles. The highest BCUT2D eigenvalue weighted by molar-refractivity contribution is 7.96. The first kappa shape index (κ1) is 13.7. The molecule has 0 fully saturated rings. The van der Waals surface area contributed by atoms with Crippen molar-refractivity contribution in [3.63, 3.8) is 0 Å². The van der Waals surface area contributed by atoms with Crippen LogP contribution in [-0.4, -0.2) is 18.0 Å². The van der Waals surface area contributed by atoms with Crippen molar-refractivity contribution < 1.29 is 4.18 Å². The van der Waals surface area contributed by atoms with Gasteiger partial charge in [0, 0.05) is 5.25 Å². The van der Waals surface area contributed by atoms with Crippen molar-refractivity contribution in [2.24, 2.45) is 0 Å². The van der Waals surface area contributed by atoms with Gasteiger partial charge in [0.2, 0.25) is 0 Å². The summed E-state index contributed by atoms with van der Waals surface area (Å²) < 4.78 is 5.63. The van der Waals surface area contributed by atoms with E-state index in [2.05, 4.69) is 26.5 Å². The Bertz CT molecular complexity index is 125. The van der Waals surface area contributed by atoms with Gasteiger partial charge in [0.25, 0.3) is 0 Å². The zero-order valence-corrected chi connectivity index (χ0v) is 10.5. The summed E-state index contributed by atoms with van der Waals surface area (Å²) in [4.78, 5) is -0.451. The Hall–Kier alpha value is 0.725. The van der Waals surface area contributed by atoms with Gasteiger partial charge in [-0.15, -0.1) is 12.6 Å². The zero-order chi connectivity index (χ0) is 10.3. The van der Waals surface area contributed by atoms with Gasteiger partial charge in [0.1, 0.15) is 4.93 Å². The minimum Gasteiger partial charge on any atom is -0.299 e. The fraction of sp³-hybridized carbons (Fsp3) is 1.00. The molecule has 0 aromatic rings. The quantitative estimate of drug-likeness (QED) is 0.303. The molecule has 0 N–H and O–H groups in total. The molecule has 4 heteroatoms. The van der Waals surface area contributed by atoms with Gasteiger partial charge in [-0.05, 0) is 37.6 Å². The molecule has 0 aromatic carbocycles. The largest absolute Gasteiger partial charge is 0.299 e. The molecule has 0 spiro atoms. The van der Waals surface area contributed by atoms with Crippen LogP contribution in [0.1, 0.15) is 40.0 Å². The van der Waals surface area contributed by atoms with E-state index in [1.165, 1.54) is 12.0 Å². The Morgan fingerprint density at radius 3 is 2.23 bits per heavy atom. The number of hydrogen-bond acceptors (Lipinski definition) is 3. The highest BCUT2D eigenvalue weighted by Gasteiger charge is 2.23. The van der Waals surface area contributed by atoms with Crippen LogP contribution >= 0.6 is 24.7 Å². The van der Waals surface area contributed by atoms with Crippen LogP contribution in [0.5, 0.6) is 0 Å². The number of rotatable bonds is 7. The lowest BCUT2D eigenvalue weighted by Gasteiger charge is -2.26. The minimum absolute atomic E-state index is 0.451. The predicted octanol–water partition coefficient (Wildman–Crippen LogP) is 3.46. The second-order valence-electron chi connectivity index (χ2n) is 3.12. The Balaban J connectivity index is 3.83. The van der Waals surface area contributed by atoms with Crippen LogP contribution in [0, 0.1) is 0 Å². The van der Waals surface area contributed by atoms with Crippen molar-refractivity contribution in [1.29, 1.82) is 0 Å². The van der Waals surface area contributed by atoms with Crippen LogP contribution < -0.4 is 0 Å². The van der Waals surface area contributed by atoms with Gasteiger partial charge >= 0.3 is 0 Å². The molecule has 76 valence electrons. The van der Waals surface area contributed by atoms with Crippen molar-refractivity contribution in [3.8, 4) is 0 Å². The average molecular weight is 218 g/mol. The molecule has 0 aliphatic heterocycles. The topological polar surface area (TPSA) is 9.23 Å². The first-order valence-electron chi connectivity index (χ1n) is 4.88. The van der Waals surface area contributed by atoms with Crippen LogP contribution in [0.15, 0.2) is 0 Å². The van der Waals surface area contributed by atoms with Crippen LogP contribution in [0.4, 0.5) is 0 Å². The van der Waals surface area contributed by atoms with E-state index in [1.54, 1.807) is 0 Å². The first-order valence-corrected chi connectivity index (χ1v) is 6.14. The third-order valence-electron chi connectivity index (χ3n) is 2.12. The summed E-state index contributed by atoms with van der Waals surface area (Å²) in [7, 11) is 5.57. The summed E-state index contributed by atoms with van der Waals surface area (Å²) in [6.45, 7) is 6.37. The molecule has 0 amide bonds. The van der Waals surface area contributed by atoms with Crippen LogP contribution in [-0.2, 0) is 4.18 Å². The summed E-state index contributed by atoms with van der Waals surface area (Å²) in [6, 6.07) is 0. The van der Waals surface area contributed by atoms with E-state index in [0.29, 0.717) is 11.6 Å². The Labute approximate surface area is 93.4 Å². The number of thiol groups is 1. The standard InChI is InChI=1S/C9H19BOS2/c1-4-8(5-2)13-11-9(12,6-3)7-10/h8,12H,4-7H2,1-3H3. The average Bonchev–Trinajstić information content (AvgIpc) is 2.19. The fourth-order valence-corrected chi connectivity index (χ4v) is 1.72. The molecule has 0 bridgehead atoms. The van der Waals surface area contributed by atoms with Gasteiger partial charge in [0.15, 0.2) is 0 Å². The normalized spacial score (nSPS) is 16.1. The molecule has 0 aliphatic rings. The van der Waals surface area contributed by atoms with Crippen LogP contribution in [0.25, 0.3) is 0 Å². The van der Waals surface area contributed by atoms with E-state index >= 15 is 0 Å². The predicted molar refractivity (Wildman–Crippen MR) is 65.6 cm³/mol. The fourth-order valence-electron chi connectivity index (χ4n) is 0.820. The van der Waals surface area contributed by atoms with Gasteiger partial charge < -0.3 is 0 Å². The summed E-state index contributed by atoms with van der Waals surface area (Å²) in [5.41, 5.74) is 0. The number of hydrogen-bond donors (Lipinski definition) is 1. The molecular weight excluding hydrogens is 199 g/mol. The Morgan fingerprint density at radius 1 is 1.38 bits per heavy atom. The van der Waals surface area contributed by atoms with Crippen LogP contribution in [0.2, 0.25) is 6.32 Å². The van der Waals surface area contributed by atoms with Crippen LogP contribution in [0.3, 0.4) is 0 Å². The van der Waals surface area contributed by atoms with Gasteiger partial charge in [0.05, 0.1) is 7.85 Å². The van der Waals surface area contributed by atoms with Gasteiger partial charge in [-0.3, -0.25) is 4.18 Å². The second-order valence-corrected chi connectivity index (χ2v) is 4.96. The molecule has 0 aromatic heterocycles. The van der Waals surface area contributed by atoms with Crippen molar-refractivity contribution in [1.82, 2.24) is 0 Å². The lowest BCUT2D eigenvalue weighted by Crippen LogP contribution is -2.22. The van der Waals surface area contributed by atoms with Crippen molar-refractivity contribution >= 4 is 32.5 Å². The molecule has 1 unspecified atom stereocenters. The van der Waals surface area contributed by atoms with E-state index in [4.69, 9.17) is 12.0 Å². The van der Waals surface area contributed by atoms with E-state index < -0.39 is 4.93 Å². The highest BCUT2D eigenvalue weighted by atomic mass is 32.2. The van der Waals surface area contributed by atoms with E-state index in [-0.39, 0.29) is 0 Å². The Kier molecular flexibility index (Phi) is 7.47. The molecule has 13 heavy (non-hydrogen) atoms. The summed E-state index contributed by atoms with van der Waals surface area (Å²) in [5, 5.41) is 0.560. The SMILES string of the molecule is [B]CC(S)(CC)OSC(CC)CC. The first-order chi connectivity index (χ1) is 6.11. The third-order valence-corrected chi connectivity index (χ3v) is 4.19. The molecule has 2 radical (unpaired) electrons. The summed E-state index contributed by atoms with van der Waals surface area (Å²) >= 11 is 5.92. The maximum absolute atomic E-state index is 5.63. The summed E-state index contributed by atoms with van der Waals surface area (Å²) in [5.74, 6) is 0. The van der Waals surface area contributed by atoms with Crippen molar-refractivity contribution in [2.45, 2.75) is 56.5 Å². The molecule has 1 nitrogen and oxygen atoms in total. The molecule has 0 rings (SSSR count). The van der Waals surface area contributed by atoms with E-state index in [0.717, 1.165) is 19.3 Å². The highest BCUT2D eigenvalue weighted by Crippen LogP contribution is 2.32. The zero-order valence-electron chi connectivity index (χ0n) is 8.75. The molecule has 1 atom stereocenters. The molecule has 0 saturated heterocycles. The van der Waals surface area contributed by atoms with Crippen molar-refractivity contribution in [3.05, 3.63) is 0 Å².